The molecule has 4 nitrogen and oxygen atoms in total. The second-order valence-electron chi connectivity index (χ2n) is 7.07. The SMILES string of the molecule is Cc1cccc(C2CC(CCO)NC23C(=O)Nc2cc(Cl)ccc23)c1F. The van der Waals surface area contributed by atoms with Gasteiger partial charge in [-0.3, -0.25) is 10.1 Å². The maximum absolute atomic E-state index is 14.9. The molecule has 1 spiro atoms. The molecule has 0 bridgehead atoms. The zero-order valence-corrected chi connectivity index (χ0v) is 15.1. The fourth-order valence-electron chi connectivity index (χ4n) is 4.38. The van der Waals surface area contributed by atoms with Crippen molar-refractivity contribution in [3.05, 3.63) is 63.9 Å². The van der Waals surface area contributed by atoms with E-state index in [1.54, 1.807) is 31.2 Å². The molecular formula is C20H20ClFN2O2. The number of rotatable bonds is 3. The molecule has 1 fully saturated rings. The average molecular weight is 375 g/mol. The summed E-state index contributed by atoms with van der Waals surface area (Å²) in [6.07, 6.45) is 1.07. The van der Waals surface area contributed by atoms with Crippen LogP contribution in [0.25, 0.3) is 0 Å². The summed E-state index contributed by atoms with van der Waals surface area (Å²) in [6.45, 7) is 1.73. The molecule has 3 atom stereocenters. The second-order valence-corrected chi connectivity index (χ2v) is 7.51. The van der Waals surface area contributed by atoms with Crippen molar-refractivity contribution in [3.8, 4) is 0 Å². The predicted molar refractivity (Wildman–Crippen MR) is 98.9 cm³/mol. The number of carbonyl (C=O) groups is 1. The lowest BCUT2D eigenvalue weighted by Gasteiger charge is -2.30. The van der Waals surface area contributed by atoms with Crippen LogP contribution in [-0.2, 0) is 10.3 Å². The highest BCUT2D eigenvalue weighted by atomic mass is 35.5. The molecule has 26 heavy (non-hydrogen) atoms. The number of fused-ring (bicyclic) bond motifs is 2. The summed E-state index contributed by atoms with van der Waals surface area (Å²) in [5.74, 6) is -0.860. The molecule has 2 aliphatic heterocycles. The molecule has 2 aromatic rings. The normalized spacial score (nSPS) is 27.0. The van der Waals surface area contributed by atoms with Gasteiger partial charge in [-0.25, -0.2) is 4.39 Å². The fourth-order valence-corrected chi connectivity index (χ4v) is 4.56. The van der Waals surface area contributed by atoms with E-state index in [1.807, 2.05) is 12.1 Å². The van der Waals surface area contributed by atoms with Gasteiger partial charge in [0.15, 0.2) is 0 Å². The Kier molecular flexibility index (Phi) is 4.26. The van der Waals surface area contributed by atoms with Gasteiger partial charge in [-0.05, 0) is 43.0 Å². The van der Waals surface area contributed by atoms with Gasteiger partial charge in [-0.15, -0.1) is 0 Å². The number of hydrogen-bond acceptors (Lipinski definition) is 3. The Morgan fingerprint density at radius 2 is 2.15 bits per heavy atom. The van der Waals surface area contributed by atoms with E-state index in [1.165, 1.54) is 0 Å². The number of anilines is 1. The summed E-state index contributed by atoms with van der Waals surface area (Å²) < 4.78 is 14.9. The summed E-state index contributed by atoms with van der Waals surface area (Å²) in [5, 5.41) is 16.2. The van der Waals surface area contributed by atoms with Crippen LogP contribution >= 0.6 is 11.6 Å². The number of carbonyl (C=O) groups excluding carboxylic acids is 1. The second kappa shape index (κ2) is 6.34. The molecule has 0 saturated carbocycles. The third-order valence-electron chi connectivity index (χ3n) is 5.56. The minimum atomic E-state index is -1.06. The Morgan fingerprint density at radius 3 is 2.92 bits per heavy atom. The molecule has 0 aliphatic carbocycles. The minimum Gasteiger partial charge on any atom is -0.396 e. The van der Waals surface area contributed by atoms with E-state index in [-0.39, 0.29) is 30.3 Å². The van der Waals surface area contributed by atoms with Crippen LogP contribution in [0.4, 0.5) is 10.1 Å². The van der Waals surface area contributed by atoms with E-state index in [0.29, 0.717) is 34.7 Å². The zero-order chi connectivity index (χ0) is 18.5. The first-order valence-electron chi connectivity index (χ1n) is 8.72. The zero-order valence-electron chi connectivity index (χ0n) is 14.4. The van der Waals surface area contributed by atoms with Crippen molar-refractivity contribution in [2.75, 3.05) is 11.9 Å². The Labute approximate surface area is 156 Å². The van der Waals surface area contributed by atoms with Gasteiger partial charge in [0.05, 0.1) is 0 Å². The topological polar surface area (TPSA) is 61.4 Å². The molecule has 3 N–H and O–H groups in total. The number of hydrogen-bond donors (Lipinski definition) is 3. The van der Waals surface area contributed by atoms with Crippen molar-refractivity contribution in [3.63, 3.8) is 0 Å². The van der Waals surface area contributed by atoms with E-state index < -0.39 is 5.54 Å². The maximum Gasteiger partial charge on any atom is 0.250 e. The van der Waals surface area contributed by atoms with Crippen molar-refractivity contribution < 1.29 is 14.3 Å². The highest BCUT2D eigenvalue weighted by Crippen LogP contribution is 2.52. The van der Waals surface area contributed by atoms with Crippen LogP contribution in [0.15, 0.2) is 36.4 Å². The molecule has 6 heteroatoms. The number of aliphatic hydroxyl groups excluding tert-OH is 1. The predicted octanol–water partition coefficient (Wildman–Crippen LogP) is 3.46. The summed E-state index contributed by atoms with van der Waals surface area (Å²) in [7, 11) is 0. The van der Waals surface area contributed by atoms with E-state index in [4.69, 9.17) is 11.6 Å². The number of halogens is 2. The molecule has 136 valence electrons. The van der Waals surface area contributed by atoms with Gasteiger partial charge < -0.3 is 10.4 Å². The highest BCUT2D eigenvalue weighted by Gasteiger charge is 2.58. The number of aryl methyl sites for hydroxylation is 1. The van der Waals surface area contributed by atoms with Gasteiger partial charge in [0.25, 0.3) is 0 Å². The molecule has 2 aromatic carbocycles. The number of benzene rings is 2. The van der Waals surface area contributed by atoms with Crippen LogP contribution in [0, 0.1) is 12.7 Å². The summed E-state index contributed by atoms with van der Waals surface area (Å²) >= 11 is 6.08. The Hall–Kier alpha value is -1.95. The van der Waals surface area contributed by atoms with Gasteiger partial charge >= 0.3 is 0 Å². The van der Waals surface area contributed by atoms with Crippen molar-refractivity contribution >= 4 is 23.2 Å². The summed E-state index contributed by atoms with van der Waals surface area (Å²) in [4.78, 5) is 13.1. The molecule has 3 unspecified atom stereocenters. The standard InChI is InChI=1S/C20H20ClFN2O2/c1-11-3-2-4-14(18(11)22)16-10-13(7-8-25)24-20(16)15-6-5-12(21)9-17(15)23-19(20)26/h2-6,9,13,16,24-25H,7-8,10H2,1H3,(H,23,26). The molecule has 0 radical (unpaired) electrons. The van der Waals surface area contributed by atoms with Crippen molar-refractivity contribution in [2.24, 2.45) is 0 Å². The monoisotopic (exact) mass is 374 g/mol. The van der Waals surface area contributed by atoms with Crippen LogP contribution in [0.1, 0.15) is 35.4 Å². The van der Waals surface area contributed by atoms with E-state index in [0.717, 1.165) is 5.56 Å². The molecule has 0 aromatic heterocycles. The fraction of sp³-hybridized carbons (Fsp3) is 0.350. The Morgan fingerprint density at radius 1 is 1.35 bits per heavy atom. The van der Waals surface area contributed by atoms with Crippen molar-refractivity contribution in [1.29, 1.82) is 0 Å². The van der Waals surface area contributed by atoms with Crippen LogP contribution < -0.4 is 10.6 Å². The third-order valence-corrected chi connectivity index (χ3v) is 5.80. The first-order chi connectivity index (χ1) is 12.5. The van der Waals surface area contributed by atoms with Gasteiger partial charge in [-0.2, -0.15) is 0 Å². The Bertz CT molecular complexity index is 888. The van der Waals surface area contributed by atoms with Crippen LogP contribution in [0.3, 0.4) is 0 Å². The van der Waals surface area contributed by atoms with Crippen LogP contribution in [0.2, 0.25) is 5.02 Å². The third kappa shape index (κ3) is 2.46. The lowest BCUT2D eigenvalue weighted by atomic mass is 9.75. The Balaban J connectivity index is 1.90. The molecule has 1 amide bonds. The molecule has 2 aliphatic rings. The molecule has 2 heterocycles. The van der Waals surface area contributed by atoms with Crippen LogP contribution in [0.5, 0.6) is 0 Å². The molecular weight excluding hydrogens is 355 g/mol. The quantitative estimate of drug-likeness (QED) is 0.771. The number of amides is 1. The average Bonchev–Trinajstić information content (AvgIpc) is 3.10. The number of aliphatic hydroxyl groups is 1. The van der Waals surface area contributed by atoms with Crippen LogP contribution in [-0.4, -0.2) is 23.7 Å². The highest BCUT2D eigenvalue weighted by molar-refractivity contribution is 6.31. The van der Waals surface area contributed by atoms with Gasteiger partial charge in [0, 0.05) is 34.8 Å². The van der Waals surface area contributed by atoms with Gasteiger partial charge in [0.2, 0.25) is 5.91 Å². The lowest BCUT2D eigenvalue weighted by Crippen LogP contribution is -2.49. The first kappa shape index (κ1) is 17.5. The lowest BCUT2D eigenvalue weighted by molar-refractivity contribution is -0.122. The van der Waals surface area contributed by atoms with E-state index in [2.05, 4.69) is 10.6 Å². The summed E-state index contributed by atoms with van der Waals surface area (Å²) in [6, 6.07) is 10.5. The van der Waals surface area contributed by atoms with Gasteiger partial charge in [0.1, 0.15) is 11.4 Å². The van der Waals surface area contributed by atoms with Gasteiger partial charge in [-0.1, -0.05) is 35.9 Å². The maximum atomic E-state index is 14.9. The molecule has 1 saturated heterocycles. The largest absolute Gasteiger partial charge is 0.396 e. The van der Waals surface area contributed by atoms with Crippen molar-refractivity contribution in [1.82, 2.24) is 5.32 Å². The van der Waals surface area contributed by atoms with E-state index in [9.17, 15) is 14.3 Å². The first-order valence-corrected chi connectivity index (χ1v) is 9.10. The minimum absolute atomic E-state index is 0.00581. The van der Waals surface area contributed by atoms with Crippen molar-refractivity contribution in [2.45, 2.75) is 37.3 Å². The number of nitrogens with one attached hydrogen (secondary N) is 2. The smallest absolute Gasteiger partial charge is 0.250 e. The van der Waals surface area contributed by atoms with E-state index >= 15 is 0 Å². The molecule has 4 rings (SSSR count). The summed E-state index contributed by atoms with van der Waals surface area (Å²) in [5.41, 5.74) is 1.44.